The monoisotopic (exact) mass is 266 g/mol. The van der Waals surface area contributed by atoms with Crippen LogP contribution in [0.3, 0.4) is 0 Å². The summed E-state index contributed by atoms with van der Waals surface area (Å²) >= 11 is 0. The van der Waals surface area contributed by atoms with Crippen LogP contribution < -0.4 is 0 Å². The number of carbonyl (C=O) groups excluding carboxylic acids is 2. The minimum atomic E-state index is -0.663. The molecule has 19 heavy (non-hydrogen) atoms. The number of hydrogen-bond donors (Lipinski definition) is 0. The van der Waals surface area contributed by atoms with Crippen LogP contribution in [0.5, 0.6) is 0 Å². The fourth-order valence-corrected chi connectivity index (χ4v) is 1.72. The van der Waals surface area contributed by atoms with E-state index in [1.54, 1.807) is 20.8 Å². The fraction of sp³-hybridized carbons (Fsp3) is 0.615. The van der Waals surface area contributed by atoms with Gasteiger partial charge in [-0.15, -0.1) is 0 Å². The third kappa shape index (κ3) is 3.98. The second-order valence-corrected chi connectivity index (χ2v) is 5.23. The quantitative estimate of drug-likeness (QED) is 0.409. The van der Waals surface area contributed by atoms with E-state index < -0.39 is 17.7 Å². The summed E-state index contributed by atoms with van der Waals surface area (Å²) in [6.07, 6.45) is 0.0432. The summed E-state index contributed by atoms with van der Waals surface area (Å²) in [5.41, 5.74) is 0.0259. The van der Waals surface area contributed by atoms with Gasteiger partial charge in [0.1, 0.15) is 17.2 Å². The number of carbonyl (C=O) groups is 2. The number of nitrogens with zero attached hydrogens (tertiary/aromatic N) is 2. The van der Waals surface area contributed by atoms with Gasteiger partial charge < -0.3 is 14.4 Å². The fourth-order valence-electron chi connectivity index (χ4n) is 1.72. The Hall–Kier alpha value is -2.03. The Balaban J connectivity index is 2.78. The Bertz CT molecular complexity index is 454. The zero-order valence-electron chi connectivity index (χ0n) is 11.6. The Morgan fingerprint density at radius 1 is 1.37 bits per heavy atom. The van der Waals surface area contributed by atoms with Gasteiger partial charge in [-0.05, 0) is 32.8 Å². The minimum Gasteiger partial charge on any atom is -0.465 e. The summed E-state index contributed by atoms with van der Waals surface area (Å²) in [5.74, 6) is -0.663. The van der Waals surface area contributed by atoms with E-state index in [-0.39, 0.29) is 12.1 Å². The first-order valence-corrected chi connectivity index (χ1v) is 5.97. The lowest BCUT2D eigenvalue weighted by Crippen LogP contribution is -2.35. The number of hydrogen-bond acceptors (Lipinski definition) is 5. The second-order valence-electron chi connectivity index (χ2n) is 5.23. The molecule has 6 heteroatoms. The summed E-state index contributed by atoms with van der Waals surface area (Å²) in [4.78, 5) is 24.7. The van der Waals surface area contributed by atoms with E-state index in [4.69, 9.17) is 10.00 Å². The van der Waals surface area contributed by atoms with Crippen molar-refractivity contribution < 1.29 is 19.1 Å². The molecule has 0 aromatic heterocycles. The van der Waals surface area contributed by atoms with Crippen molar-refractivity contribution in [2.75, 3.05) is 20.2 Å². The minimum absolute atomic E-state index is 0.0199. The van der Waals surface area contributed by atoms with Gasteiger partial charge >= 0.3 is 12.1 Å². The van der Waals surface area contributed by atoms with Crippen LogP contribution in [0.1, 0.15) is 27.2 Å². The van der Waals surface area contributed by atoms with E-state index in [1.165, 1.54) is 12.0 Å². The number of methoxy groups -OCH3 is 1. The molecule has 0 N–H and O–H groups in total. The first kappa shape index (κ1) is 15.0. The lowest BCUT2D eigenvalue weighted by Gasteiger charge is -2.23. The largest absolute Gasteiger partial charge is 0.465 e. The molecule has 1 rings (SSSR count). The molecule has 0 unspecified atom stereocenters. The van der Waals surface area contributed by atoms with Gasteiger partial charge in [-0.25, -0.2) is 9.59 Å². The summed E-state index contributed by atoms with van der Waals surface area (Å²) in [6.45, 7) is 6.02. The van der Waals surface area contributed by atoms with E-state index in [2.05, 4.69) is 4.74 Å². The molecule has 1 fully saturated rings. The lowest BCUT2D eigenvalue weighted by molar-refractivity contribution is -0.135. The standard InChI is InChI=1S/C13H18N2O4/c1-13(2,3)19-12(17)15-6-5-9(8-15)10(7-14)11(16)18-4/h5-6,8H2,1-4H3/b10-9+. The molecular weight excluding hydrogens is 248 g/mol. The van der Waals surface area contributed by atoms with Crippen LogP contribution in [0, 0.1) is 11.3 Å². The van der Waals surface area contributed by atoms with Gasteiger partial charge in [0.05, 0.1) is 7.11 Å². The molecule has 0 saturated carbocycles. The van der Waals surface area contributed by atoms with Crippen LogP contribution in [0.2, 0.25) is 0 Å². The third-order valence-electron chi connectivity index (χ3n) is 2.57. The molecular formula is C13H18N2O4. The molecule has 0 atom stereocenters. The highest BCUT2D eigenvalue weighted by Gasteiger charge is 2.29. The van der Waals surface area contributed by atoms with E-state index in [1.807, 2.05) is 6.07 Å². The average Bonchev–Trinajstić information content (AvgIpc) is 2.77. The predicted molar refractivity (Wildman–Crippen MR) is 67.1 cm³/mol. The summed E-state index contributed by atoms with van der Waals surface area (Å²) in [5, 5.41) is 8.96. The lowest BCUT2D eigenvalue weighted by atomic mass is 10.1. The van der Waals surface area contributed by atoms with Crippen molar-refractivity contribution in [1.29, 1.82) is 5.26 Å². The molecule has 104 valence electrons. The summed E-state index contributed by atoms with van der Waals surface area (Å²) in [7, 11) is 1.22. The van der Waals surface area contributed by atoms with E-state index in [0.717, 1.165) is 0 Å². The Morgan fingerprint density at radius 2 is 2.00 bits per heavy atom. The summed E-state index contributed by atoms with van der Waals surface area (Å²) < 4.78 is 9.77. The molecule has 0 bridgehead atoms. The Kier molecular flexibility index (Phi) is 4.54. The van der Waals surface area contributed by atoms with Crippen molar-refractivity contribution in [2.24, 2.45) is 0 Å². The van der Waals surface area contributed by atoms with E-state index in [0.29, 0.717) is 18.5 Å². The SMILES string of the molecule is COC(=O)/C(C#N)=C1\CCN(C(=O)OC(C)(C)C)C1. The van der Waals surface area contributed by atoms with E-state index in [9.17, 15) is 9.59 Å². The molecule has 1 saturated heterocycles. The molecule has 0 aromatic rings. The average molecular weight is 266 g/mol. The van der Waals surface area contributed by atoms with Crippen LogP contribution in [0.15, 0.2) is 11.1 Å². The van der Waals surface area contributed by atoms with Crippen molar-refractivity contribution in [3.8, 4) is 6.07 Å². The van der Waals surface area contributed by atoms with Crippen molar-refractivity contribution in [2.45, 2.75) is 32.8 Å². The van der Waals surface area contributed by atoms with Crippen LogP contribution in [-0.2, 0) is 14.3 Å². The maximum absolute atomic E-state index is 11.8. The second kappa shape index (κ2) is 5.74. The number of amides is 1. The maximum atomic E-state index is 11.8. The van der Waals surface area contributed by atoms with Gasteiger partial charge in [0.15, 0.2) is 0 Å². The molecule has 1 aliphatic heterocycles. The molecule has 0 aromatic carbocycles. The van der Waals surface area contributed by atoms with Crippen molar-refractivity contribution in [3.05, 3.63) is 11.1 Å². The van der Waals surface area contributed by atoms with E-state index >= 15 is 0 Å². The highest BCUT2D eigenvalue weighted by Crippen LogP contribution is 2.22. The molecule has 0 spiro atoms. The van der Waals surface area contributed by atoms with Crippen molar-refractivity contribution in [1.82, 2.24) is 4.90 Å². The highest BCUT2D eigenvalue weighted by atomic mass is 16.6. The molecule has 1 heterocycles. The van der Waals surface area contributed by atoms with Gasteiger partial charge in [-0.3, -0.25) is 0 Å². The Labute approximate surface area is 112 Å². The zero-order valence-corrected chi connectivity index (χ0v) is 11.6. The van der Waals surface area contributed by atoms with Gasteiger partial charge in [0, 0.05) is 13.1 Å². The Morgan fingerprint density at radius 3 is 2.47 bits per heavy atom. The first-order chi connectivity index (χ1) is 8.78. The first-order valence-electron chi connectivity index (χ1n) is 5.97. The normalized spacial score (nSPS) is 17.7. The highest BCUT2D eigenvalue weighted by molar-refractivity contribution is 5.93. The molecule has 6 nitrogen and oxygen atoms in total. The number of rotatable bonds is 1. The predicted octanol–water partition coefficient (Wildman–Crippen LogP) is 1.62. The number of esters is 1. The van der Waals surface area contributed by atoms with Gasteiger partial charge in [0.25, 0.3) is 0 Å². The van der Waals surface area contributed by atoms with Crippen LogP contribution in [0.4, 0.5) is 4.79 Å². The van der Waals surface area contributed by atoms with Crippen LogP contribution in [-0.4, -0.2) is 42.8 Å². The van der Waals surface area contributed by atoms with Gasteiger partial charge in [-0.1, -0.05) is 0 Å². The maximum Gasteiger partial charge on any atom is 0.410 e. The van der Waals surface area contributed by atoms with Gasteiger partial charge in [0.2, 0.25) is 0 Å². The topological polar surface area (TPSA) is 79.6 Å². The number of likely N-dealkylation sites (tertiary alicyclic amines) is 1. The van der Waals surface area contributed by atoms with Crippen molar-refractivity contribution in [3.63, 3.8) is 0 Å². The molecule has 1 aliphatic rings. The van der Waals surface area contributed by atoms with Gasteiger partial charge in [-0.2, -0.15) is 5.26 Å². The molecule has 0 radical (unpaired) electrons. The van der Waals surface area contributed by atoms with Crippen LogP contribution >= 0.6 is 0 Å². The third-order valence-corrected chi connectivity index (χ3v) is 2.57. The number of nitriles is 1. The summed E-state index contributed by atoms with van der Waals surface area (Å²) in [6, 6.07) is 1.83. The van der Waals surface area contributed by atoms with Crippen molar-refractivity contribution >= 4 is 12.1 Å². The van der Waals surface area contributed by atoms with Crippen LogP contribution in [0.25, 0.3) is 0 Å². The molecule has 0 aliphatic carbocycles. The molecule has 1 amide bonds. The number of ether oxygens (including phenoxy) is 2. The zero-order chi connectivity index (χ0) is 14.6. The smallest absolute Gasteiger partial charge is 0.410 e.